The van der Waals surface area contributed by atoms with E-state index < -0.39 is 43.9 Å². The van der Waals surface area contributed by atoms with Gasteiger partial charge in [-0.15, -0.1) is 29.7 Å². The van der Waals surface area contributed by atoms with Gasteiger partial charge in [-0.25, -0.2) is 4.98 Å². The van der Waals surface area contributed by atoms with Crippen LogP contribution in [-0.4, -0.2) is 14.1 Å². The maximum atomic E-state index is 9.20. The van der Waals surface area contributed by atoms with Crippen LogP contribution in [0.5, 0.6) is 11.5 Å². The Hall–Kier alpha value is -9.87. The molecule has 0 amide bonds. The Labute approximate surface area is 523 Å². The third kappa shape index (κ3) is 8.57. The molecule has 5 heterocycles. The minimum atomic E-state index is -2.81. The van der Waals surface area contributed by atoms with Crippen LogP contribution < -0.4 is 9.30 Å². The molecule has 0 unspecified atom stereocenters. The first-order valence-electron chi connectivity index (χ1n) is 33.3. The Morgan fingerprint density at radius 3 is 2.05 bits per heavy atom. The van der Waals surface area contributed by atoms with Gasteiger partial charge in [0.2, 0.25) is 0 Å². The molecule has 0 fully saturated rings. The predicted molar refractivity (Wildman–Crippen MR) is 342 cm³/mol. The molecule has 0 radical (unpaired) electrons. The van der Waals surface area contributed by atoms with Gasteiger partial charge >= 0.3 is 0 Å². The van der Waals surface area contributed by atoms with Gasteiger partial charge in [-0.05, 0) is 162 Å². The smallest absolute Gasteiger partial charge is 0.268 e. The molecule has 4 aromatic heterocycles. The van der Waals surface area contributed by atoms with Crippen LogP contribution in [0.4, 0.5) is 0 Å². The molecule has 16 rings (SSSR count). The van der Waals surface area contributed by atoms with E-state index in [4.69, 9.17) is 26.5 Å². The average Bonchev–Trinajstić information content (AvgIpc) is 1.50. The first-order chi connectivity index (χ1) is 45.6. The van der Waals surface area contributed by atoms with Gasteiger partial charge in [-0.1, -0.05) is 178 Å². The zero-order valence-electron chi connectivity index (χ0n) is 57.1. The second-order valence-corrected chi connectivity index (χ2v) is 22.3. The van der Waals surface area contributed by atoms with Crippen LogP contribution in [0.2, 0.25) is 0 Å². The number of nitrogens with zero attached hydrogens (tertiary/aromatic N) is 4. The van der Waals surface area contributed by atoms with Gasteiger partial charge in [0, 0.05) is 63.3 Å². The van der Waals surface area contributed by atoms with Gasteiger partial charge in [0.05, 0.1) is 23.6 Å². The van der Waals surface area contributed by atoms with E-state index in [2.05, 4.69) is 80.2 Å². The summed E-state index contributed by atoms with van der Waals surface area (Å²) in [7, 11) is 0. The molecule has 0 spiro atoms. The Balaban J connectivity index is 0.00000756. The van der Waals surface area contributed by atoms with Gasteiger partial charge in [0.25, 0.3) is 6.33 Å². The summed E-state index contributed by atoms with van der Waals surface area (Å²) in [4.78, 5) is 4.89. The van der Waals surface area contributed by atoms with Crippen molar-refractivity contribution in [3.63, 3.8) is 0 Å². The molecule has 6 nitrogen and oxygen atoms in total. The molecule has 15 aromatic rings. The number of hydrogen-bond acceptors (Lipinski definition) is 3. The van der Waals surface area contributed by atoms with Gasteiger partial charge in [-0.3, -0.25) is 4.57 Å². The zero-order chi connectivity index (χ0) is 65.7. The van der Waals surface area contributed by atoms with Gasteiger partial charge in [0.15, 0.2) is 0 Å². The van der Waals surface area contributed by atoms with Crippen LogP contribution in [0.1, 0.15) is 52.5 Å². The summed E-state index contributed by atoms with van der Waals surface area (Å²) >= 11 is 0. The maximum absolute atomic E-state index is 9.20. The fourth-order valence-electron chi connectivity index (χ4n) is 12.3. The van der Waals surface area contributed by atoms with Crippen molar-refractivity contribution >= 4 is 54.8 Å². The molecule has 1 aliphatic heterocycles. The molecule has 0 saturated carbocycles. The molecule has 11 aromatic carbocycles. The third-order valence-corrected chi connectivity index (χ3v) is 16.3. The fraction of sp³-hybridized carbons (Fsp3) is 0.0769. The Morgan fingerprint density at radius 1 is 0.529 bits per heavy atom. The Bertz CT molecular complexity index is 5700. The summed E-state index contributed by atoms with van der Waals surface area (Å²) in [5, 5.41) is 3.86. The fourth-order valence-corrected chi connectivity index (χ4v) is 12.3. The number of imidazole rings is 1. The van der Waals surface area contributed by atoms with Crippen LogP contribution >= 0.6 is 0 Å². The van der Waals surface area contributed by atoms with Crippen LogP contribution in [0, 0.1) is 32.2 Å². The van der Waals surface area contributed by atoms with Crippen molar-refractivity contribution in [3.8, 4) is 95.5 Å². The first kappa shape index (κ1) is 41.2. The van der Waals surface area contributed by atoms with E-state index in [1.54, 1.807) is 24.3 Å². The van der Waals surface area contributed by atoms with E-state index in [1.807, 2.05) is 137 Å². The predicted octanol–water partition coefficient (Wildman–Crippen LogP) is 19.7. The number of hydrogen-bond donors (Lipinski definition) is 0. The molecular formula is C78H54N4O2Pt-2. The number of para-hydroxylation sites is 3. The number of pyridine rings is 1. The van der Waals surface area contributed by atoms with E-state index in [-0.39, 0.29) is 54.3 Å². The third-order valence-electron chi connectivity index (χ3n) is 16.3. The monoisotopic (exact) mass is 1280 g/mol. The first-order valence-corrected chi connectivity index (χ1v) is 27.8. The molecular weight excluding hydrogens is 1220 g/mol. The van der Waals surface area contributed by atoms with Crippen LogP contribution in [0.3, 0.4) is 0 Å². The maximum Gasteiger partial charge on any atom is 0.268 e. The van der Waals surface area contributed by atoms with Crippen molar-refractivity contribution in [1.29, 1.82) is 0 Å². The summed E-state index contributed by atoms with van der Waals surface area (Å²) in [6.45, 7) is 0.902. The normalized spacial score (nSPS) is 14.1. The number of fused-ring (bicyclic) bond motifs is 13. The minimum absolute atomic E-state index is 0. The topological polar surface area (TPSA) is 49.0 Å². The molecule has 85 heavy (non-hydrogen) atoms. The van der Waals surface area contributed by atoms with E-state index in [0.717, 1.165) is 82.9 Å². The molecule has 0 N–H and O–H groups in total. The van der Waals surface area contributed by atoms with E-state index in [9.17, 15) is 2.74 Å². The summed E-state index contributed by atoms with van der Waals surface area (Å²) in [5.74, 6) is 1.51. The molecule has 7 heteroatoms. The molecule has 1 aliphatic rings. The molecule has 0 bridgehead atoms. The second-order valence-electron chi connectivity index (χ2n) is 22.3. The number of aromatic nitrogens is 4. The van der Waals surface area contributed by atoms with Crippen LogP contribution in [0.25, 0.3) is 139 Å². The number of furan rings is 1. The van der Waals surface area contributed by atoms with Gasteiger partial charge in [0.1, 0.15) is 17.0 Å². The molecule has 410 valence electrons. The summed E-state index contributed by atoms with van der Waals surface area (Å²) in [5.41, 5.74) is 12.0. The molecule has 0 saturated heterocycles. The number of benzene rings is 11. The van der Waals surface area contributed by atoms with Crippen molar-refractivity contribution in [2.24, 2.45) is 0 Å². The van der Waals surface area contributed by atoms with E-state index >= 15 is 0 Å². The number of aryl methyl sites for hydroxylation is 2. The second kappa shape index (κ2) is 20.2. The van der Waals surface area contributed by atoms with E-state index in [1.165, 1.54) is 18.2 Å². The average molecular weight is 1290 g/mol. The quantitative estimate of drug-likeness (QED) is 0.118. The van der Waals surface area contributed by atoms with Gasteiger partial charge in [-0.2, -0.15) is 18.2 Å². The number of rotatable bonds is 7. The van der Waals surface area contributed by atoms with E-state index in [0.29, 0.717) is 56.2 Å². The molecule has 0 aliphatic carbocycles. The minimum Gasteiger partial charge on any atom is -0.510 e. The van der Waals surface area contributed by atoms with Crippen molar-refractivity contribution in [1.82, 2.24) is 14.1 Å². The number of ether oxygens (including phenoxy) is 1. The summed E-state index contributed by atoms with van der Waals surface area (Å²) in [6, 6.07) is 68.1. The Morgan fingerprint density at radius 2 is 1.21 bits per heavy atom. The standard InChI is InChI=1S/C78H54N4O2.Pt/c1-48-18-15-19-49(2)75(48)65-29-17-28-64-66-40-51(50-20-7-6-8-21-50)32-35-60(66)58-24-9-10-25-59(58)68-42-53(52-33-37-73-67(41-52)63-27-12-14-31-72(63)84-73)43-71-77(68)81(76(64)65)47-80(71)55-22-16-23-56(45-55)83-57-34-36-62-61-26-11-13-30-69(61)82(70(62)46-57)74-44-54(38-39-79-74)78(3,4)5;/h6-44H,1-5H3;/q-2;/i1D3,2D3,6D,7D,8D,20D,21D;. The van der Waals surface area contributed by atoms with Crippen LogP contribution in [-0.2, 0) is 26.5 Å². The Kier molecular flexibility index (Phi) is 9.78. The van der Waals surface area contributed by atoms with Crippen molar-refractivity contribution in [3.05, 3.63) is 272 Å². The largest absolute Gasteiger partial charge is 0.510 e. The van der Waals surface area contributed by atoms with Gasteiger partial charge < -0.3 is 18.3 Å². The van der Waals surface area contributed by atoms with Crippen molar-refractivity contribution < 1.29 is 49.9 Å². The molecule has 0 atom stereocenters. The van der Waals surface area contributed by atoms with Crippen LogP contribution in [0.15, 0.2) is 241 Å². The zero-order valence-corrected chi connectivity index (χ0v) is 48.3. The summed E-state index contributed by atoms with van der Waals surface area (Å²) in [6.07, 6.45) is 5.61. The van der Waals surface area contributed by atoms with Crippen molar-refractivity contribution in [2.75, 3.05) is 0 Å². The SMILES string of the molecule is [2H]c1c([2H])c([2H])c(-c2ccc3c(c2)-c2cccc(-c4c(C([2H])([2H])[2H])cccc4C([2H])([2H])[2H])c2-[n+]2[c-]n(-c4[c-]c(Oc5[c-]c6c(cc5)c5ccccc5n6-c5cc(C(C)(C)C)ccn5)ccc4)c4cc(-c5ccc6oc7ccccc7c6c5)cc(c42)-c2ccccc2-3)c([2H])c1[2H].[Pt]. The summed E-state index contributed by atoms with van der Waals surface area (Å²) < 4.78 is 118. The van der Waals surface area contributed by atoms with Crippen molar-refractivity contribution in [2.45, 2.75) is 39.9 Å².